The number of imidazole rings is 1. The number of nitrogens with zero attached hydrogens (tertiary/aromatic N) is 2. The first kappa shape index (κ1) is 22.6. The second-order valence-corrected chi connectivity index (χ2v) is 8.89. The van der Waals surface area contributed by atoms with Crippen molar-refractivity contribution in [2.45, 2.75) is 38.3 Å². The van der Waals surface area contributed by atoms with Crippen LogP contribution in [0.5, 0.6) is 0 Å². The molecule has 1 aliphatic rings. The lowest BCUT2D eigenvalue weighted by molar-refractivity contribution is 0.0731. The normalized spacial score (nSPS) is 17.0. The maximum atomic E-state index is 13.0. The van der Waals surface area contributed by atoms with E-state index in [0.29, 0.717) is 35.1 Å². The fourth-order valence-electron chi connectivity index (χ4n) is 4.13. The number of hydrogen-bond donors (Lipinski definition) is 3. The van der Waals surface area contributed by atoms with Gasteiger partial charge in [-0.3, -0.25) is 9.59 Å². The predicted molar refractivity (Wildman–Crippen MR) is 126 cm³/mol. The number of benzene rings is 2. The molecular weight excluding hydrogens is 449 g/mol. The van der Waals surface area contributed by atoms with E-state index < -0.39 is 0 Å². The molecule has 1 fully saturated rings. The highest BCUT2D eigenvalue weighted by Gasteiger charge is 2.30. The van der Waals surface area contributed by atoms with Crippen molar-refractivity contribution < 1.29 is 9.59 Å². The van der Waals surface area contributed by atoms with Gasteiger partial charge in [0.15, 0.2) is 0 Å². The molecule has 4 N–H and O–H groups in total. The van der Waals surface area contributed by atoms with Gasteiger partial charge in [0.25, 0.3) is 11.8 Å². The number of nitrogens with one attached hydrogen (secondary N) is 2. The lowest BCUT2D eigenvalue weighted by Gasteiger charge is -2.25. The van der Waals surface area contributed by atoms with Gasteiger partial charge in [-0.15, -0.1) is 0 Å². The van der Waals surface area contributed by atoms with E-state index >= 15 is 0 Å². The summed E-state index contributed by atoms with van der Waals surface area (Å²) in [5, 5.41) is 3.76. The van der Waals surface area contributed by atoms with Gasteiger partial charge in [-0.25, -0.2) is 4.98 Å². The molecule has 3 aromatic rings. The Morgan fingerprint density at radius 2 is 2.09 bits per heavy atom. The monoisotopic (exact) mass is 473 g/mol. The minimum atomic E-state index is -0.365. The van der Waals surface area contributed by atoms with E-state index in [2.05, 4.69) is 15.3 Å². The van der Waals surface area contributed by atoms with Crippen molar-refractivity contribution in [1.29, 1.82) is 0 Å². The SMILES string of the molecule is C[C@H](NC(=O)c1ccc(C(=O)N2CCC[C@H]2CCN)c(Cl)c1)c1nc2cc(Cl)ccc2[nH]1. The Morgan fingerprint density at radius 3 is 2.84 bits per heavy atom. The van der Waals surface area contributed by atoms with E-state index in [1.807, 2.05) is 17.9 Å². The molecule has 32 heavy (non-hydrogen) atoms. The topological polar surface area (TPSA) is 104 Å². The van der Waals surface area contributed by atoms with E-state index in [4.69, 9.17) is 28.9 Å². The van der Waals surface area contributed by atoms with Gasteiger partial charge in [-0.1, -0.05) is 23.2 Å². The van der Waals surface area contributed by atoms with Crippen LogP contribution in [0.2, 0.25) is 10.0 Å². The van der Waals surface area contributed by atoms with Crippen molar-refractivity contribution in [2.75, 3.05) is 13.1 Å². The highest BCUT2D eigenvalue weighted by Crippen LogP contribution is 2.26. The van der Waals surface area contributed by atoms with Gasteiger partial charge in [0, 0.05) is 23.2 Å². The van der Waals surface area contributed by atoms with Crippen LogP contribution in [0.4, 0.5) is 0 Å². The zero-order valence-electron chi connectivity index (χ0n) is 17.7. The molecule has 0 saturated carbocycles. The third kappa shape index (κ3) is 4.60. The maximum Gasteiger partial charge on any atom is 0.255 e. The van der Waals surface area contributed by atoms with Crippen molar-refractivity contribution in [2.24, 2.45) is 5.73 Å². The van der Waals surface area contributed by atoms with Crippen molar-refractivity contribution in [1.82, 2.24) is 20.2 Å². The predicted octanol–water partition coefficient (Wildman–Crippen LogP) is 4.31. The molecule has 7 nitrogen and oxygen atoms in total. The molecule has 2 heterocycles. The molecule has 2 atom stereocenters. The number of amides is 2. The molecular formula is C23H25Cl2N5O2. The van der Waals surface area contributed by atoms with Crippen LogP contribution in [-0.2, 0) is 0 Å². The molecule has 1 aliphatic heterocycles. The van der Waals surface area contributed by atoms with Crippen LogP contribution in [-0.4, -0.2) is 45.8 Å². The quantitative estimate of drug-likeness (QED) is 0.495. The van der Waals surface area contributed by atoms with Gasteiger partial charge in [-0.2, -0.15) is 0 Å². The smallest absolute Gasteiger partial charge is 0.255 e. The Hall–Kier alpha value is -2.61. The van der Waals surface area contributed by atoms with Crippen LogP contribution in [0.3, 0.4) is 0 Å². The molecule has 1 aromatic heterocycles. The average molecular weight is 474 g/mol. The number of nitrogens with two attached hydrogens (primary N) is 1. The molecule has 0 spiro atoms. The molecule has 4 rings (SSSR count). The number of H-pyrrole nitrogens is 1. The molecule has 2 amide bonds. The van der Waals surface area contributed by atoms with Crippen molar-refractivity contribution in [3.05, 3.63) is 63.4 Å². The average Bonchev–Trinajstić information content (AvgIpc) is 3.40. The van der Waals surface area contributed by atoms with Crippen LogP contribution >= 0.6 is 23.2 Å². The van der Waals surface area contributed by atoms with E-state index in [9.17, 15) is 9.59 Å². The van der Waals surface area contributed by atoms with Gasteiger partial charge < -0.3 is 20.9 Å². The Balaban J connectivity index is 1.47. The van der Waals surface area contributed by atoms with Gasteiger partial charge in [0.2, 0.25) is 0 Å². The Kier molecular flexibility index (Phi) is 6.69. The third-order valence-corrected chi connectivity index (χ3v) is 6.37. The first-order valence-electron chi connectivity index (χ1n) is 10.6. The highest BCUT2D eigenvalue weighted by molar-refractivity contribution is 6.34. The van der Waals surface area contributed by atoms with Gasteiger partial charge >= 0.3 is 0 Å². The lowest BCUT2D eigenvalue weighted by atomic mass is 10.1. The molecule has 0 bridgehead atoms. The minimum absolute atomic E-state index is 0.118. The zero-order chi connectivity index (χ0) is 22.8. The first-order chi connectivity index (χ1) is 15.4. The summed E-state index contributed by atoms with van der Waals surface area (Å²) in [6.45, 7) is 3.07. The number of carbonyl (C=O) groups excluding carboxylic acids is 2. The van der Waals surface area contributed by atoms with Gasteiger partial charge in [-0.05, 0) is 69.1 Å². The number of halogens is 2. The van der Waals surface area contributed by atoms with Crippen molar-refractivity contribution in [3.63, 3.8) is 0 Å². The summed E-state index contributed by atoms with van der Waals surface area (Å²) >= 11 is 12.4. The summed E-state index contributed by atoms with van der Waals surface area (Å²) in [6.07, 6.45) is 2.68. The summed E-state index contributed by atoms with van der Waals surface area (Å²) < 4.78 is 0. The molecule has 2 aromatic carbocycles. The van der Waals surface area contributed by atoms with Gasteiger partial charge in [0.05, 0.1) is 27.7 Å². The Morgan fingerprint density at radius 1 is 1.28 bits per heavy atom. The second kappa shape index (κ2) is 9.48. The van der Waals surface area contributed by atoms with Crippen LogP contribution in [0, 0.1) is 0 Å². The molecule has 168 valence electrons. The first-order valence-corrected chi connectivity index (χ1v) is 11.4. The molecule has 0 aliphatic carbocycles. The van der Waals surface area contributed by atoms with Crippen LogP contribution in [0.25, 0.3) is 11.0 Å². The third-order valence-electron chi connectivity index (χ3n) is 5.82. The molecule has 9 heteroatoms. The number of rotatable bonds is 6. The second-order valence-electron chi connectivity index (χ2n) is 8.05. The molecule has 0 radical (unpaired) electrons. The van der Waals surface area contributed by atoms with E-state index in [0.717, 1.165) is 30.3 Å². The summed E-state index contributed by atoms with van der Waals surface area (Å²) in [7, 11) is 0. The minimum Gasteiger partial charge on any atom is -0.342 e. The number of hydrogen-bond acceptors (Lipinski definition) is 4. The number of likely N-dealkylation sites (tertiary alicyclic amines) is 1. The largest absolute Gasteiger partial charge is 0.342 e. The number of carbonyl (C=O) groups is 2. The van der Waals surface area contributed by atoms with E-state index in [-0.39, 0.29) is 28.9 Å². The Bertz CT molecular complexity index is 1160. The van der Waals surface area contributed by atoms with Crippen LogP contribution < -0.4 is 11.1 Å². The van der Waals surface area contributed by atoms with Crippen LogP contribution in [0.1, 0.15) is 58.8 Å². The molecule has 0 unspecified atom stereocenters. The number of aromatic nitrogens is 2. The maximum absolute atomic E-state index is 13.0. The standard InChI is InChI=1S/C23H25Cl2N5O2/c1-13(21-28-19-7-5-15(24)12-20(19)29-21)27-22(31)14-4-6-17(18(25)11-14)23(32)30-10-2-3-16(30)8-9-26/h4-7,11-13,16H,2-3,8-10,26H2,1H3,(H,27,31)(H,28,29)/t13-,16-/m0/s1. The summed E-state index contributed by atoms with van der Waals surface area (Å²) in [5.41, 5.74) is 8.02. The van der Waals surface area contributed by atoms with Gasteiger partial charge in [0.1, 0.15) is 5.82 Å². The summed E-state index contributed by atoms with van der Waals surface area (Å²) in [5.74, 6) is 0.194. The fraction of sp³-hybridized carbons (Fsp3) is 0.348. The summed E-state index contributed by atoms with van der Waals surface area (Å²) in [4.78, 5) is 35.3. The summed E-state index contributed by atoms with van der Waals surface area (Å²) in [6, 6.07) is 9.93. The molecule has 1 saturated heterocycles. The fourth-order valence-corrected chi connectivity index (χ4v) is 4.56. The zero-order valence-corrected chi connectivity index (χ0v) is 19.2. The van der Waals surface area contributed by atoms with Crippen molar-refractivity contribution >= 4 is 46.0 Å². The van der Waals surface area contributed by atoms with Crippen molar-refractivity contribution in [3.8, 4) is 0 Å². The number of aromatic amines is 1. The van der Waals surface area contributed by atoms with E-state index in [1.165, 1.54) is 6.07 Å². The lowest BCUT2D eigenvalue weighted by Crippen LogP contribution is -2.37. The Labute approximate surface area is 196 Å². The highest BCUT2D eigenvalue weighted by atomic mass is 35.5. The van der Waals surface area contributed by atoms with E-state index in [1.54, 1.807) is 24.3 Å². The van der Waals surface area contributed by atoms with Crippen LogP contribution in [0.15, 0.2) is 36.4 Å². The number of fused-ring (bicyclic) bond motifs is 1.